The van der Waals surface area contributed by atoms with Crippen LogP contribution in [-0.4, -0.2) is 18.7 Å². The second-order valence-corrected chi connectivity index (χ2v) is 8.42. The van der Waals surface area contributed by atoms with Crippen molar-refractivity contribution < 1.29 is 4.42 Å². The van der Waals surface area contributed by atoms with Crippen LogP contribution in [0.2, 0.25) is 0 Å². The van der Waals surface area contributed by atoms with E-state index < -0.39 is 16.9 Å². The Morgan fingerprint density at radius 2 is 1.71 bits per heavy atom. The van der Waals surface area contributed by atoms with E-state index in [1.54, 1.807) is 10.9 Å². The van der Waals surface area contributed by atoms with Crippen molar-refractivity contribution in [1.82, 2.24) is 18.7 Å². The zero-order valence-electron chi connectivity index (χ0n) is 19.2. The first-order valence-corrected chi connectivity index (χ1v) is 11.1. The molecule has 0 aliphatic carbocycles. The van der Waals surface area contributed by atoms with Crippen molar-refractivity contribution >= 4 is 22.1 Å². The fraction of sp³-hybridized carbons (Fsp3) is 0.231. The Hall–Kier alpha value is -4.20. The van der Waals surface area contributed by atoms with Gasteiger partial charge in [-0.25, -0.2) is 14.6 Å². The number of benzene rings is 2. The molecule has 8 heteroatoms. The van der Waals surface area contributed by atoms with Crippen molar-refractivity contribution in [2.45, 2.75) is 40.4 Å². The van der Waals surface area contributed by atoms with E-state index in [0.29, 0.717) is 34.2 Å². The van der Waals surface area contributed by atoms with Gasteiger partial charge in [0.1, 0.15) is 5.58 Å². The fourth-order valence-corrected chi connectivity index (χ4v) is 4.35. The molecular weight excluding hydrogens is 432 g/mol. The van der Waals surface area contributed by atoms with E-state index in [1.165, 1.54) is 15.2 Å². The van der Waals surface area contributed by atoms with Gasteiger partial charge in [-0.3, -0.25) is 13.9 Å². The number of aromatic nitrogens is 4. The Morgan fingerprint density at radius 1 is 0.941 bits per heavy atom. The lowest BCUT2D eigenvalue weighted by atomic mass is 10.0. The first kappa shape index (κ1) is 21.6. The van der Waals surface area contributed by atoms with Crippen LogP contribution in [0.3, 0.4) is 0 Å². The van der Waals surface area contributed by atoms with Crippen molar-refractivity contribution in [3.63, 3.8) is 0 Å². The minimum absolute atomic E-state index is 0.0537. The number of fused-ring (bicyclic) bond motifs is 2. The summed E-state index contributed by atoms with van der Waals surface area (Å²) in [5, 5.41) is 0.702. The van der Waals surface area contributed by atoms with Crippen molar-refractivity contribution in [3.05, 3.63) is 108 Å². The Bertz CT molecular complexity index is 1720. The molecule has 0 saturated carbocycles. The van der Waals surface area contributed by atoms with Gasteiger partial charge in [-0.2, -0.15) is 0 Å². The molecule has 2 aromatic carbocycles. The molecule has 0 fully saturated rings. The Labute approximate surface area is 194 Å². The van der Waals surface area contributed by atoms with E-state index in [4.69, 9.17) is 4.42 Å². The monoisotopic (exact) mass is 456 g/mol. The van der Waals surface area contributed by atoms with Crippen LogP contribution < -0.4 is 16.9 Å². The molecule has 0 N–H and O–H groups in total. The van der Waals surface area contributed by atoms with Gasteiger partial charge >= 0.3 is 11.3 Å². The third-order valence-corrected chi connectivity index (χ3v) is 6.35. The molecule has 0 radical (unpaired) electrons. The number of nitrogens with zero attached hydrogens (tertiary/aromatic N) is 4. The molecule has 3 heterocycles. The zero-order valence-corrected chi connectivity index (χ0v) is 19.2. The summed E-state index contributed by atoms with van der Waals surface area (Å²) >= 11 is 0. The van der Waals surface area contributed by atoms with Crippen LogP contribution in [0.1, 0.15) is 29.2 Å². The molecule has 0 saturated heterocycles. The van der Waals surface area contributed by atoms with Gasteiger partial charge in [-0.15, -0.1) is 0 Å². The van der Waals surface area contributed by atoms with Crippen molar-refractivity contribution in [1.29, 1.82) is 0 Å². The highest BCUT2D eigenvalue weighted by Gasteiger charge is 2.19. The predicted molar refractivity (Wildman–Crippen MR) is 131 cm³/mol. The van der Waals surface area contributed by atoms with E-state index in [0.717, 1.165) is 16.7 Å². The number of hydrogen-bond donors (Lipinski definition) is 0. The molecule has 5 rings (SSSR count). The van der Waals surface area contributed by atoms with Crippen LogP contribution in [0.15, 0.2) is 73.7 Å². The van der Waals surface area contributed by atoms with Gasteiger partial charge in [0.15, 0.2) is 11.2 Å². The van der Waals surface area contributed by atoms with Crippen LogP contribution in [0, 0.1) is 13.8 Å². The van der Waals surface area contributed by atoms with E-state index >= 15 is 0 Å². The topological polar surface area (TPSA) is 92.0 Å². The average Bonchev–Trinajstić information content (AvgIpc) is 3.27. The molecule has 34 heavy (non-hydrogen) atoms. The Balaban J connectivity index is 1.77. The van der Waals surface area contributed by atoms with Gasteiger partial charge in [0, 0.05) is 18.0 Å². The molecule has 8 nitrogen and oxygen atoms in total. The Kier molecular flexibility index (Phi) is 5.28. The summed E-state index contributed by atoms with van der Waals surface area (Å²) < 4.78 is 9.90. The first-order chi connectivity index (χ1) is 16.4. The van der Waals surface area contributed by atoms with Crippen LogP contribution >= 0.6 is 0 Å². The quantitative estimate of drug-likeness (QED) is 0.379. The van der Waals surface area contributed by atoms with E-state index in [1.807, 2.05) is 63.2 Å². The van der Waals surface area contributed by atoms with Crippen molar-refractivity contribution in [2.24, 2.45) is 0 Å². The standard InChI is InChI=1S/C26H24N4O4/c1-4-28-15-27-24-22(28)25(32)30(26(33)29(24)13-18-8-6-5-7-9-18)14-19-12-21(31)34-23-17(3)16(2)10-11-20(19)23/h5-12,15H,4,13-14H2,1-3H3. The molecule has 0 aliphatic rings. The average molecular weight is 457 g/mol. The van der Waals surface area contributed by atoms with E-state index in [2.05, 4.69) is 4.98 Å². The molecule has 0 atom stereocenters. The maximum Gasteiger partial charge on any atom is 0.336 e. The lowest BCUT2D eigenvalue weighted by molar-refractivity contribution is 0.553. The van der Waals surface area contributed by atoms with Gasteiger partial charge in [0.05, 0.1) is 19.4 Å². The van der Waals surface area contributed by atoms with Crippen LogP contribution in [0.4, 0.5) is 0 Å². The maximum absolute atomic E-state index is 13.6. The van der Waals surface area contributed by atoms with Gasteiger partial charge in [-0.05, 0) is 43.0 Å². The van der Waals surface area contributed by atoms with Gasteiger partial charge in [0.25, 0.3) is 5.56 Å². The molecule has 0 unspecified atom stereocenters. The van der Waals surface area contributed by atoms with Crippen molar-refractivity contribution in [2.75, 3.05) is 0 Å². The van der Waals surface area contributed by atoms with Crippen LogP contribution in [0.5, 0.6) is 0 Å². The number of rotatable bonds is 5. The maximum atomic E-state index is 13.6. The smallest absolute Gasteiger partial charge is 0.336 e. The number of hydrogen-bond acceptors (Lipinski definition) is 5. The summed E-state index contributed by atoms with van der Waals surface area (Å²) in [5.74, 6) is 0. The second-order valence-electron chi connectivity index (χ2n) is 8.42. The lowest BCUT2D eigenvalue weighted by Crippen LogP contribution is -2.41. The third kappa shape index (κ3) is 3.48. The summed E-state index contributed by atoms with van der Waals surface area (Å²) in [4.78, 5) is 43.9. The van der Waals surface area contributed by atoms with Crippen LogP contribution in [0.25, 0.3) is 22.1 Å². The summed E-state index contributed by atoms with van der Waals surface area (Å²) in [6.07, 6.45) is 1.58. The predicted octanol–water partition coefficient (Wildman–Crippen LogP) is 3.20. The highest BCUT2D eigenvalue weighted by Crippen LogP contribution is 2.23. The minimum atomic E-state index is -0.520. The van der Waals surface area contributed by atoms with E-state index in [9.17, 15) is 14.4 Å². The normalized spacial score (nSPS) is 11.5. The Morgan fingerprint density at radius 3 is 2.44 bits per heavy atom. The molecule has 5 aromatic rings. The highest BCUT2D eigenvalue weighted by molar-refractivity contribution is 5.84. The first-order valence-electron chi connectivity index (χ1n) is 11.1. The molecule has 0 bridgehead atoms. The summed E-state index contributed by atoms with van der Waals surface area (Å²) in [5.41, 5.74) is 3.06. The third-order valence-electron chi connectivity index (χ3n) is 6.35. The summed E-state index contributed by atoms with van der Waals surface area (Å²) in [6.45, 7) is 6.49. The molecule has 0 aliphatic heterocycles. The zero-order chi connectivity index (χ0) is 24.0. The fourth-order valence-electron chi connectivity index (χ4n) is 4.35. The molecule has 172 valence electrons. The minimum Gasteiger partial charge on any atom is -0.422 e. The van der Waals surface area contributed by atoms with Gasteiger partial charge < -0.3 is 8.98 Å². The molecule has 3 aromatic heterocycles. The molecule has 0 spiro atoms. The van der Waals surface area contributed by atoms with Gasteiger partial charge in [0.2, 0.25) is 0 Å². The lowest BCUT2D eigenvalue weighted by Gasteiger charge is -2.14. The van der Waals surface area contributed by atoms with Crippen molar-refractivity contribution in [3.8, 4) is 0 Å². The van der Waals surface area contributed by atoms with E-state index in [-0.39, 0.29) is 13.1 Å². The SMILES string of the molecule is CCn1cnc2c1c(=O)n(Cc1cc(=O)oc3c(C)c(C)ccc13)c(=O)n2Cc1ccccc1. The molecular formula is C26H24N4O4. The highest BCUT2D eigenvalue weighted by atomic mass is 16.4. The summed E-state index contributed by atoms with van der Waals surface area (Å²) in [6, 6.07) is 14.7. The number of aryl methyl sites for hydroxylation is 3. The molecule has 0 amide bonds. The second kappa shape index (κ2) is 8.30. The largest absolute Gasteiger partial charge is 0.422 e. The van der Waals surface area contributed by atoms with Crippen LogP contribution in [-0.2, 0) is 19.6 Å². The number of imidazole rings is 1. The summed E-state index contributed by atoms with van der Waals surface area (Å²) in [7, 11) is 0. The van der Waals surface area contributed by atoms with Gasteiger partial charge in [-0.1, -0.05) is 42.5 Å².